The number of azide groups is 1. The van der Waals surface area contributed by atoms with Gasteiger partial charge in [0.2, 0.25) is 11.8 Å². The molecule has 17 heteroatoms. The molecule has 16 nitrogen and oxygen atoms in total. The third-order valence-corrected chi connectivity index (χ3v) is 7.18. The van der Waals surface area contributed by atoms with Crippen LogP contribution in [0.4, 0.5) is 5.95 Å². The Bertz CT molecular complexity index is 1200. The zero-order valence-electron chi connectivity index (χ0n) is 18.8. The topological polar surface area (TPSA) is 211 Å². The number of imidazole rings is 1. The van der Waals surface area contributed by atoms with Gasteiger partial charge in [-0.05, 0) is 26.3 Å². The molecule has 0 aliphatic carbocycles. The monoisotopic (exact) mass is 497 g/mol. The summed E-state index contributed by atoms with van der Waals surface area (Å²) in [5.74, 6) is -0.520. The van der Waals surface area contributed by atoms with Crippen LogP contribution >= 0.6 is 7.75 Å². The average molecular weight is 497 g/mol. The van der Waals surface area contributed by atoms with Crippen LogP contribution in [0.2, 0.25) is 0 Å². The Morgan fingerprint density at radius 1 is 1.56 bits per heavy atom. The molecule has 2 aromatic rings. The van der Waals surface area contributed by atoms with Crippen LogP contribution in [0.1, 0.15) is 27.0 Å². The van der Waals surface area contributed by atoms with Gasteiger partial charge in [-0.3, -0.25) is 18.4 Å². The smallest absolute Gasteiger partial charge is 0.406 e. The molecular formula is C17H24N9O7P. The molecule has 0 radical (unpaired) electrons. The molecule has 0 spiro atoms. The Labute approximate surface area is 193 Å². The highest BCUT2D eigenvalue weighted by Crippen LogP contribution is 2.57. The molecule has 2 aliphatic rings. The lowest BCUT2D eigenvalue weighted by Crippen LogP contribution is -2.48. The molecule has 2 fully saturated rings. The molecule has 2 aromatic heterocycles. The zero-order chi connectivity index (χ0) is 24.7. The summed E-state index contributed by atoms with van der Waals surface area (Å²) in [6.07, 6.45) is -1.33. The number of hydrogen-bond donors (Lipinski definition) is 2. The standard InChI is InChI=1S/C17H24N9O7P/c1-5-30-13-10-12(21-16(18)22-13)26(7-20-10)15-17(3,24-25-19)11-9(32-15)6-31-34(28,33-11)23-8(2)14(27)29-4/h7-9,11,15H,5-6H2,1-4H3,(H,23,28)(H2,18,21,22)/t8-,9+,11+,15+,17+,34?/m0/s1. The van der Waals surface area contributed by atoms with Gasteiger partial charge in [0.05, 0.1) is 26.7 Å². The molecule has 2 saturated heterocycles. The average Bonchev–Trinajstić information content (AvgIpc) is 3.32. The fraction of sp³-hybridized carbons (Fsp3) is 0.647. The molecule has 4 heterocycles. The summed E-state index contributed by atoms with van der Waals surface area (Å²) in [5, 5.41) is 6.46. The van der Waals surface area contributed by atoms with E-state index in [2.05, 4.69) is 34.8 Å². The highest BCUT2D eigenvalue weighted by Gasteiger charge is 2.60. The maximum atomic E-state index is 13.2. The molecule has 2 aliphatic heterocycles. The van der Waals surface area contributed by atoms with Gasteiger partial charge in [-0.2, -0.15) is 9.97 Å². The SMILES string of the molecule is CCOc1nc(N)nc2c1ncn2[C@@H]1O[C@@H]2COP(=O)(N[C@@H](C)C(=O)OC)O[C@H]2[C@@]1(C)N=[N+]=[N-]. The van der Waals surface area contributed by atoms with Gasteiger partial charge in [-0.25, -0.2) is 14.6 Å². The lowest BCUT2D eigenvalue weighted by molar-refractivity contribution is -0.142. The van der Waals surface area contributed by atoms with Crippen molar-refractivity contribution in [3.63, 3.8) is 0 Å². The summed E-state index contributed by atoms with van der Waals surface area (Å²) >= 11 is 0. The van der Waals surface area contributed by atoms with Crippen molar-refractivity contribution in [2.24, 2.45) is 5.11 Å². The molecule has 6 atom stereocenters. The van der Waals surface area contributed by atoms with E-state index < -0.39 is 43.7 Å². The van der Waals surface area contributed by atoms with E-state index in [-0.39, 0.29) is 24.1 Å². The number of nitrogens with one attached hydrogen (secondary N) is 1. The molecule has 0 bridgehead atoms. The summed E-state index contributed by atoms with van der Waals surface area (Å²) in [6, 6.07) is -0.981. The van der Waals surface area contributed by atoms with Crippen LogP contribution < -0.4 is 15.6 Å². The number of aromatic nitrogens is 4. The predicted molar refractivity (Wildman–Crippen MR) is 115 cm³/mol. The van der Waals surface area contributed by atoms with E-state index in [1.54, 1.807) is 13.8 Å². The first kappa shape index (κ1) is 24.1. The van der Waals surface area contributed by atoms with Gasteiger partial charge in [0, 0.05) is 4.91 Å². The third kappa shape index (κ3) is 4.04. The number of esters is 1. The lowest BCUT2D eigenvalue weighted by Gasteiger charge is -2.36. The zero-order valence-corrected chi connectivity index (χ0v) is 19.7. The van der Waals surface area contributed by atoms with Gasteiger partial charge in [0.15, 0.2) is 17.4 Å². The van der Waals surface area contributed by atoms with Gasteiger partial charge in [0.25, 0.3) is 0 Å². The number of nitrogens with two attached hydrogens (primary N) is 1. The largest absolute Gasteiger partial charge is 0.476 e. The summed E-state index contributed by atoms with van der Waals surface area (Å²) in [5.41, 5.74) is 14.4. The third-order valence-electron chi connectivity index (χ3n) is 5.49. The van der Waals surface area contributed by atoms with E-state index in [1.807, 2.05) is 0 Å². The van der Waals surface area contributed by atoms with Crippen molar-refractivity contribution in [1.29, 1.82) is 0 Å². The molecule has 0 aromatic carbocycles. The van der Waals surface area contributed by atoms with Crippen molar-refractivity contribution in [2.45, 2.75) is 50.8 Å². The Hall–Kier alpha value is -3.00. The van der Waals surface area contributed by atoms with Gasteiger partial charge < -0.3 is 19.9 Å². The van der Waals surface area contributed by atoms with Crippen LogP contribution in [0.3, 0.4) is 0 Å². The molecule has 184 valence electrons. The van der Waals surface area contributed by atoms with Crippen LogP contribution in [-0.4, -0.2) is 69.6 Å². The van der Waals surface area contributed by atoms with Crippen molar-refractivity contribution in [3.8, 4) is 5.88 Å². The highest BCUT2D eigenvalue weighted by molar-refractivity contribution is 7.51. The number of rotatable bonds is 7. The maximum absolute atomic E-state index is 13.2. The van der Waals surface area contributed by atoms with E-state index >= 15 is 0 Å². The highest BCUT2D eigenvalue weighted by atomic mass is 31.2. The summed E-state index contributed by atoms with van der Waals surface area (Å²) in [6.45, 7) is 4.99. The molecule has 1 unspecified atom stereocenters. The summed E-state index contributed by atoms with van der Waals surface area (Å²) in [7, 11) is -2.79. The number of nitrogens with zero attached hydrogens (tertiary/aromatic N) is 7. The van der Waals surface area contributed by atoms with Gasteiger partial charge in [-0.15, -0.1) is 0 Å². The van der Waals surface area contributed by atoms with Crippen molar-refractivity contribution in [3.05, 3.63) is 16.8 Å². The molecule has 3 N–H and O–H groups in total. The van der Waals surface area contributed by atoms with E-state index in [1.165, 1.54) is 24.9 Å². The molecular weight excluding hydrogens is 473 g/mol. The fourth-order valence-electron chi connectivity index (χ4n) is 3.94. The number of hydrogen-bond acceptors (Lipinski definition) is 12. The Morgan fingerprint density at radius 2 is 2.32 bits per heavy atom. The normalized spacial score (nSPS) is 31.5. The van der Waals surface area contributed by atoms with E-state index in [0.29, 0.717) is 12.1 Å². The van der Waals surface area contributed by atoms with Crippen molar-refractivity contribution < 1.29 is 32.6 Å². The van der Waals surface area contributed by atoms with Crippen LogP contribution in [0, 0.1) is 0 Å². The molecule has 0 saturated carbocycles. The number of carbonyl (C=O) groups is 1. The van der Waals surface area contributed by atoms with Gasteiger partial charge >= 0.3 is 13.7 Å². The summed E-state index contributed by atoms with van der Waals surface area (Å²) < 4.78 is 42.2. The first-order chi connectivity index (χ1) is 16.2. The minimum absolute atomic E-state index is 0.0521. The number of fused-ring (bicyclic) bond motifs is 2. The van der Waals surface area contributed by atoms with Crippen molar-refractivity contribution in [2.75, 3.05) is 26.1 Å². The first-order valence-corrected chi connectivity index (χ1v) is 11.8. The number of carbonyl (C=O) groups excluding carboxylic acids is 1. The second-order valence-electron chi connectivity index (χ2n) is 7.78. The number of methoxy groups -OCH3 is 1. The number of anilines is 1. The minimum atomic E-state index is -3.99. The molecule has 0 amide bonds. The predicted octanol–water partition coefficient (Wildman–Crippen LogP) is 1.45. The van der Waals surface area contributed by atoms with Gasteiger partial charge in [-0.1, -0.05) is 5.11 Å². The minimum Gasteiger partial charge on any atom is -0.476 e. The Balaban J connectivity index is 1.72. The van der Waals surface area contributed by atoms with Crippen LogP contribution in [-0.2, 0) is 27.9 Å². The summed E-state index contributed by atoms with van der Waals surface area (Å²) in [4.78, 5) is 27.3. The first-order valence-electron chi connectivity index (χ1n) is 10.3. The Morgan fingerprint density at radius 3 is 3.00 bits per heavy atom. The number of ether oxygens (including phenoxy) is 3. The van der Waals surface area contributed by atoms with E-state index in [9.17, 15) is 14.9 Å². The molecule has 4 rings (SSSR count). The quantitative estimate of drug-likeness (QED) is 0.183. The molecule has 34 heavy (non-hydrogen) atoms. The second kappa shape index (κ2) is 8.98. The van der Waals surface area contributed by atoms with Gasteiger partial charge in [0.1, 0.15) is 23.8 Å². The van der Waals surface area contributed by atoms with Crippen LogP contribution in [0.5, 0.6) is 5.88 Å². The second-order valence-corrected chi connectivity index (χ2v) is 9.50. The fourth-order valence-corrected chi connectivity index (χ4v) is 5.71. The maximum Gasteiger partial charge on any atom is 0.406 e. The number of nitrogen functional groups attached to an aromatic ring is 1. The van der Waals surface area contributed by atoms with Crippen LogP contribution in [0.15, 0.2) is 11.4 Å². The Kier molecular flexibility index (Phi) is 6.38. The lowest BCUT2D eigenvalue weighted by atomic mass is 9.93. The van der Waals surface area contributed by atoms with Crippen molar-refractivity contribution in [1.82, 2.24) is 24.6 Å². The van der Waals surface area contributed by atoms with E-state index in [4.69, 9.17) is 24.3 Å². The van der Waals surface area contributed by atoms with Crippen LogP contribution in [0.25, 0.3) is 21.6 Å². The van der Waals surface area contributed by atoms with Crippen molar-refractivity contribution >= 4 is 30.8 Å². The van der Waals surface area contributed by atoms with E-state index in [0.717, 1.165) is 0 Å².